The molecule has 21 heavy (non-hydrogen) atoms. The van der Waals surface area contributed by atoms with E-state index < -0.39 is 16.6 Å². The van der Waals surface area contributed by atoms with Crippen molar-refractivity contribution in [1.82, 2.24) is 4.90 Å². The summed E-state index contributed by atoms with van der Waals surface area (Å²) in [5.74, 6) is 0.954. The molecule has 1 amide bonds. The maximum atomic E-state index is 12.9. The number of ether oxygens (including phenoxy) is 1. The van der Waals surface area contributed by atoms with Gasteiger partial charge < -0.3 is 9.64 Å². The zero-order valence-electron chi connectivity index (χ0n) is 11.7. The van der Waals surface area contributed by atoms with Crippen LogP contribution in [0.4, 0.5) is 4.39 Å². The van der Waals surface area contributed by atoms with Crippen LogP contribution >= 0.6 is 11.6 Å². The number of amides is 1. The third kappa shape index (κ3) is 4.68. The molecule has 0 N–H and O–H groups in total. The average molecular weight is 334 g/mol. The fourth-order valence-electron chi connectivity index (χ4n) is 2.18. The number of benzene rings is 1. The Kier molecular flexibility index (Phi) is 5.58. The van der Waals surface area contributed by atoms with Crippen molar-refractivity contribution in [3.05, 3.63) is 29.0 Å². The molecule has 1 aromatic carbocycles. The molecule has 0 radical (unpaired) electrons. The fourth-order valence-corrected chi connectivity index (χ4v) is 3.74. The van der Waals surface area contributed by atoms with Crippen molar-refractivity contribution in [3.63, 3.8) is 0 Å². The summed E-state index contributed by atoms with van der Waals surface area (Å²) in [4.78, 5) is 13.8. The molecule has 1 heterocycles. The Balaban J connectivity index is 1.93. The van der Waals surface area contributed by atoms with Gasteiger partial charge in [-0.05, 0) is 24.1 Å². The second-order valence-electron chi connectivity index (χ2n) is 5.12. The number of carbonyl (C=O) groups excluding carboxylic acids is 1. The zero-order valence-corrected chi connectivity index (χ0v) is 13.3. The molecule has 1 aliphatic rings. The van der Waals surface area contributed by atoms with Gasteiger partial charge in [-0.2, -0.15) is 0 Å². The lowest BCUT2D eigenvalue weighted by Gasteiger charge is -2.22. The second-order valence-corrected chi connectivity index (χ2v) is 7.15. The molecule has 116 valence electrons. The highest BCUT2D eigenvalue weighted by Gasteiger charge is 2.23. The fraction of sp³-hybridized carbons (Fsp3) is 0.500. The average Bonchev–Trinajstić information content (AvgIpc) is 2.58. The van der Waals surface area contributed by atoms with Gasteiger partial charge in [-0.1, -0.05) is 18.5 Å². The van der Waals surface area contributed by atoms with Crippen LogP contribution in [0.1, 0.15) is 6.92 Å². The standard InChI is InChI=1S/C14H17ClFNO3S/c1-10-7-17(4-5-21(19)9-10)14(18)8-20-13-3-2-11(16)6-12(13)15/h2-3,6,10H,4-5,7-9H2,1H3/t10-,21-/m1/s1. The van der Waals surface area contributed by atoms with E-state index in [1.165, 1.54) is 12.1 Å². The number of nitrogens with zero attached hydrogens (tertiary/aromatic N) is 1. The summed E-state index contributed by atoms with van der Waals surface area (Å²) in [5.41, 5.74) is 0. The first kappa shape index (κ1) is 16.2. The molecule has 4 nitrogen and oxygen atoms in total. The topological polar surface area (TPSA) is 46.6 Å². The summed E-state index contributed by atoms with van der Waals surface area (Å²) >= 11 is 5.84. The van der Waals surface area contributed by atoms with Crippen molar-refractivity contribution < 1.29 is 18.1 Å². The van der Waals surface area contributed by atoms with Crippen LogP contribution in [0.15, 0.2) is 18.2 Å². The van der Waals surface area contributed by atoms with Crippen LogP contribution in [0.2, 0.25) is 5.02 Å². The van der Waals surface area contributed by atoms with E-state index >= 15 is 0 Å². The first-order chi connectivity index (χ1) is 9.95. The van der Waals surface area contributed by atoms with Crippen LogP contribution in [0.3, 0.4) is 0 Å². The Hall–Kier alpha value is -1.14. The summed E-state index contributed by atoms with van der Waals surface area (Å²) in [5, 5.41) is 0.133. The molecule has 0 aliphatic carbocycles. The van der Waals surface area contributed by atoms with Gasteiger partial charge in [0.25, 0.3) is 5.91 Å². The zero-order chi connectivity index (χ0) is 15.4. The molecule has 1 aromatic rings. The quantitative estimate of drug-likeness (QED) is 0.851. The van der Waals surface area contributed by atoms with Crippen LogP contribution in [-0.2, 0) is 15.6 Å². The highest BCUT2D eigenvalue weighted by molar-refractivity contribution is 7.85. The van der Waals surface area contributed by atoms with E-state index in [4.69, 9.17) is 16.3 Å². The SMILES string of the molecule is C[C@@H]1CN(C(=O)COc2ccc(F)cc2Cl)CC[S@@](=O)C1. The Morgan fingerprint density at radius 2 is 2.33 bits per heavy atom. The summed E-state index contributed by atoms with van der Waals surface area (Å²) in [6, 6.07) is 3.76. The number of halogens is 2. The molecule has 7 heteroatoms. The Morgan fingerprint density at radius 3 is 3.05 bits per heavy atom. The third-order valence-corrected chi connectivity index (χ3v) is 5.06. The smallest absolute Gasteiger partial charge is 0.260 e. The van der Waals surface area contributed by atoms with Crippen molar-refractivity contribution in [2.45, 2.75) is 6.92 Å². The number of carbonyl (C=O) groups is 1. The highest BCUT2D eigenvalue weighted by atomic mass is 35.5. The molecule has 0 bridgehead atoms. The molecule has 0 saturated carbocycles. The van der Waals surface area contributed by atoms with E-state index in [9.17, 15) is 13.4 Å². The van der Waals surface area contributed by atoms with Crippen molar-refractivity contribution in [2.75, 3.05) is 31.2 Å². The first-order valence-electron chi connectivity index (χ1n) is 6.66. The minimum Gasteiger partial charge on any atom is -0.482 e. The number of hydrogen-bond donors (Lipinski definition) is 0. The number of hydrogen-bond acceptors (Lipinski definition) is 3. The van der Waals surface area contributed by atoms with Gasteiger partial charge in [0.05, 0.1) is 5.02 Å². The van der Waals surface area contributed by atoms with Gasteiger partial charge in [-0.3, -0.25) is 9.00 Å². The molecule has 2 rings (SSSR count). The lowest BCUT2D eigenvalue weighted by molar-refractivity contribution is -0.133. The monoisotopic (exact) mass is 333 g/mol. The van der Waals surface area contributed by atoms with Crippen LogP contribution in [0, 0.1) is 11.7 Å². The molecule has 0 aromatic heterocycles. The summed E-state index contributed by atoms with van der Waals surface area (Å²) < 4.78 is 29.9. The normalized spacial score (nSPS) is 22.7. The second kappa shape index (κ2) is 7.22. The van der Waals surface area contributed by atoms with Crippen LogP contribution in [0.5, 0.6) is 5.75 Å². The maximum absolute atomic E-state index is 12.9. The van der Waals surface area contributed by atoms with Gasteiger partial charge in [0.15, 0.2) is 6.61 Å². The molecule has 1 saturated heterocycles. The maximum Gasteiger partial charge on any atom is 0.260 e. The lowest BCUT2D eigenvalue weighted by atomic mass is 10.2. The van der Waals surface area contributed by atoms with Crippen molar-refractivity contribution in [1.29, 1.82) is 0 Å². The summed E-state index contributed by atoms with van der Waals surface area (Å²) in [7, 11) is -0.869. The van der Waals surface area contributed by atoms with Crippen molar-refractivity contribution >= 4 is 28.3 Å². The van der Waals surface area contributed by atoms with E-state index in [1.54, 1.807) is 4.90 Å². The van der Waals surface area contributed by atoms with Gasteiger partial charge in [0.2, 0.25) is 0 Å². The minimum atomic E-state index is -0.869. The van der Waals surface area contributed by atoms with Gasteiger partial charge in [0, 0.05) is 35.4 Å². The van der Waals surface area contributed by atoms with Crippen LogP contribution < -0.4 is 4.74 Å². The summed E-state index contributed by atoms with van der Waals surface area (Å²) in [6.07, 6.45) is 0. The highest BCUT2D eigenvalue weighted by Crippen LogP contribution is 2.24. The molecule has 1 aliphatic heterocycles. The predicted octanol–water partition coefficient (Wildman–Crippen LogP) is 2.08. The van der Waals surface area contributed by atoms with Gasteiger partial charge in [0.1, 0.15) is 11.6 Å². The first-order valence-corrected chi connectivity index (χ1v) is 8.53. The molecular weight excluding hydrogens is 317 g/mol. The van der Waals surface area contributed by atoms with Crippen LogP contribution in [0.25, 0.3) is 0 Å². The van der Waals surface area contributed by atoms with Gasteiger partial charge >= 0.3 is 0 Å². The molecule has 2 atom stereocenters. The van der Waals surface area contributed by atoms with Crippen LogP contribution in [-0.4, -0.2) is 46.2 Å². The van der Waals surface area contributed by atoms with Crippen molar-refractivity contribution in [2.24, 2.45) is 5.92 Å². The van der Waals surface area contributed by atoms with E-state index in [2.05, 4.69) is 0 Å². The van der Waals surface area contributed by atoms with Gasteiger partial charge in [-0.25, -0.2) is 4.39 Å². The van der Waals surface area contributed by atoms with E-state index in [1.807, 2.05) is 6.92 Å². The Labute approximate surface area is 130 Å². The largest absolute Gasteiger partial charge is 0.482 e. The van der Waals surface area contributed by atoms with E-state index in [0.717, 1.165) is 6.07 Å². The lowest BCUT2D eigenvalue weighted by Crippen LogP contribution is -2.38. The molecule has 0 unspecified atom stereocenters. The Bertz CT molecular complexity index is 555. The van der Waals surface area contributed by atoms with E-state index in [-0.39, 0.29) is 29.2 Å². The number of rotatable bonds is 3. The molecule has 0 spiro atoms. The Morgan fingerprint density at radius 1 is 1.57 bits per heavy atom. The van der Waals surface area contributed by atoms with Gasteiger partial charge in [-0.15, -0.1) is 0 Å². The predicted molar refractivity (Wildman–Crippen MR) is 80.5 cm³/mol. The molecular formula is C14H17ClFNO3S. The van der Waals surface area contributed by atoms with Crippen molar-refractivity contribution in [3.8, 4) is 5.75 Å². The molecule has 1 fully saturated rings. The van der Waals surface area contributed by atoms with E-state index in [0.29, 0.717) is 24.6 Å². The minimum absolute atomic E-state index is 0.133. The third-order valence-electron chi connectivity index (χ3n) is 3.19. The summed E-state index contributed by atoms with van der Waals surface area (Å²) in [6.45, 7) is 2.85.